The maximum absolute atomic E-state index is 3.65. The van der Waals surface area contributed by atoms with Gasteiger partial charge in [-0.3, -0.25) is 0 Å². The van der Waals surface area contributed by atoms with Crippen molar-refractivity contribution in [3.05, 3.63) is 35.4 Å². The Hall–Kier alpha value is -0.820. The lowest BCUT2D eigenvalue weighted by atomic mass is 9.85. The summed E-state index contributed by atoms with van der Waals surface area (Å²) in [5, 5.41) is 3.65. The Bertz CT molecular complexity index is 362. The average molecular weight is 273 g/mol. The summed E-state index contributed by atoms with van der Waals surface area (Å²) >= 11 is 0. The molecule has 0 saturated heterocycles. The van der Waals surface area contributed by atoms with Crippen molar-refractivity contribution >= 4 is 0 Å². The fraction of sp³-hybridized carbons (Fsp3) is 0.684. The molecule has 0 spiro atoms. The first-order valence-corrected chi connectivity index (χ1v) is 8.62. The lowest BCUT2D eigenvalue weighted by Gasteiger charge is -2.24. The third kappa shape index (κ3) is 4.63. The summed E-state index contributed by atoms with van der Waals surface area (Å²) < 4.78 is 0. The number of hydrogen-bond acceptors (Lipinski definition) is 1. The van der Waals surface area contributed by atoms with E-state index < -0.39 is 0 Å². The van der Waals surface area contributed by atoms with Crippen molar-refractivity contribution < 1.29 is 0 Å². The molecule has 1 fully saturated rings. The zero-order valence-corrected chi connectivity index (χ0v) is 13.3. The van der Waals surface area contributed by atoms with Crippen LogP contribution in [0.2, 0.25) is 0 Å². The molecule has 0 amide bonds. The van der Waals surface area contributed by atoms with Crippen molar-refractivity contribution in [2.24, 2.45) is 11.8 Å². The molecule has 1 N–H and O–H groups in total. The molecule has 1 aliphatic rings. The molecule has 0 radical (unpaired) electrons. The van der Waals surface area contributed by atoms with E-state index in [1.165, 1.54) is 56.2 Å². The van der Waals surface area contributed by atoms with Gasteiger partial charge in [0.25, 0.3) is 0 Å². The average Bonchev–Trinajstić information content (AvgIpc) is 3.01. The predicted octanol–water partition coefficient (Wildman–Crippen LogP) is 4.60. The summed E-state index contributed by atoms with van der Waals surface area (Å²) in [5.41, 5.74) is 2.98. The zero-order chi connectivity index (χ0) is 14.2. The smallest absolute Gasteiger partial charge is 0.00147 e. The highest BCUT2D eigenvalue weighted by Gasteiger charge is 2.24. The van der Waals surface area contributed by atoms with Crippen LogP contribution < -0.4 is 5.32 Å². The Morgan fingerprint density at radius 3 is 2.30 bits per heavy atom. The second-order valence-electron chi connectivity index (χ2n) is 6.38. The summed E-state index contributed by atoms with van der Waals surface area (Å²) in [6.07, 6.45) is 9.43. The molecule has 0 aliphatic heterocycles. The van der Waals surface area contributed by atoms with Crippen molar-refractivity contribution in [3.63, 3.8) is 0 Å². The van der Waals surface area contributed by atoms with Gasteiger partial charge in [-0.2, -0.15) is 0 Å². The maximum Gasteiger partial charge on any atom is -0.00147 e. The van der Waals surface area contributed by atoms with E-state index in [2.05, 4.69) is 43.4 Å². The largest absolute Gasteiger partial charge is 0.316 e. The van der Waals surface area contributed by atoms with Crippen LogP contribution in [0.15, 0.2) is 24.3 Å². The minimum atomic E-state index is 0.830. The zero-order valence-electron chi connectivity index (χ0n) is 13.3. The van der Waals surface area contributed by atoms with E-state index in [9.17, 15) is 0 Å². The van der Waals surface area contributed by atoms with Gasteiger partial charge < -0.3 is 5.32 Å². The molecule has 0 bridgehead atoms. The van der Waals surface area contributed by atoms with Gasteiger partial charge in [0.2, 0.25) is 0 Å². The number of nitrogens with one attached hydrogen (secondary N) is 1. The molecular weight excluding hydrogens is 242 g/mol. The highest BCUT2D eigenvalue weighted by molar-refractivity contribution is 5.23. The minimum absolute atomic E-state index is 0.830. The quantitative estimate of drug-likeness (QED) is 0.683. The summed E-state index contributed by atoms with van der Waals surface area (Å²) in [6, 6.07) is 9.31. The van der Waals surface area contributed by atoms with Gasteiger partial charge in [0.05, 0.1) is 0 Å². The van der Waals surface area contributed by atoms with Gasteiger partial charge in [-0.25, -0.2) is 0 Å². The SMILES string of the molecule is CCCNCC(Cc1ccc(CC)cc1)C1CCCC1. The molecule has 1 aliphatic carbocycles. The van der Waals surface area contributed by atoms with Gasteiger partial charge in [0.1, 0.15) is 0 Å². The third-order valence-corrected chi connectivity index (χ3v) is 4.83. The first-order chi connectivity index (χ1) is 9.83. The van der Waals surface area contributed by atoms with Gasteiger partial charge >= 0.3 is 0 Å². The second kappa shape index (κ2) is 8.46. The molecule has 0 aromatic heterocycles. The summed E-state index contributed by atoms with van der Waals surface area (Å²) in [5.74, 6) is 1.78. The van der Waals surface area contributed by atoms with E-state index in [0.29, 0.717) is 0 Å². The van der Waals surface area contributed by atoms with Crippen LogP contribution >= 0.6 is 0 Å². The van der Waals surface area contributed by atoms with E-state index in [0.717, 1.165) is 24.8 Å². The van der Waals surface area contributed by atoms with Crippen LogP contribution in [0.3, 0.4) is 0 Å². The van der Waals surface area contributed by atoms with Crippen LogP contribution in [0.25, 0.3) is 0 Å². The van der Waals surface area contributed by atoms with Gasteiger partial charge in [-0.05, 0) is 55.3 Å². The van der Waals surface area contributed by atoms with E-state index in [1.54, 1.807) is 0 Å². The predicted molar refractivity (Wildman–Crippen MR) is 88.1 cm³/mol. The lowest BCUT2D eigenvalue weighted by molar-refractivity contribution is 0.321. The fourth-order valence-electron chi connectivity index (χ4n) is 3.51. The Kier molecular flexibility index (Phi) is 6.59. The standard InChI is InChI=1S/C19H31N/c1-3-13-20-15-19(18-7-5-6-8-18)14-17-11-9-16(4-2)10-12-17/h9-12,18-20H,3-8,13-15H2,1-2H3. The number of aryl methyl sites for hydroxylation is 1. The van der Waals surface area contributed by atoms with Crippen LogP contribution in [0.4, 0.5) is 0 Å². The molecular formula is C19H31N. The molecule has 1 atom stereocenters. The van der Waals surface area contributed by atoms with Crippen molar-refractivity contribution in [2.45, 2.75) is 58.8 Å². The van der Waals surface area contributed by atoms with Crippen molar-refractivity contribution in [1.29, 1.82) is 0 Å². The van der Waals surface area contributed by atoms with Crippen molar-refractivity contribution in [1.82, 2.24) is 5.32 Å². The molecule has 1 unspecified atom stereocenters. The van der Waals surface area contributed by atoms with Crippen LogP contribution in [-0.2, 0) is 12.8 Å². The summed E-state index contributed by atoms with van der Waals surface area (Å²) in [4.78, 5) is 0. The van der Waals surface area contributed by atoms with E-state index >= 15 is 0 Å². The van der Waals surface area contributed by atoms with Gasteiger partial charge in [-0.1, -0.05) is 63.8 Å². The van der Waals surface area contributed by atoms with E-state index in [-0.39, 0.29) is 0 Å². The monoisotopic (exact) mass is 273 g/mol. The Balaban J connectivity index is 1.93. The molecule has 2 rings (SSSR count). The normalized spacial score (nSPS) is 17.5. The topological polar surface area (TPSA) is 12.0 Å². The van der Waals surface area contributed by atoms with Gasteiger partial charge in [0.15, 0.2) is 0 Å². The molecule has 1 nitrogen and oxygen atoms in total. The third-order valence-electron chi connectivity index (χ3n) is 4.83. The lowest BCUT2D eigenvalue weighted by Crippen LogP contribution is -2.29. The molecule has 20 heavy (non-hydrogen) atoms. The number of rotatable bonds is 8. The molecule has 1 aromatic carbocycles. The van der Waals surface area contributed by atoms with Crippen LogP contribution in [0.5, 0.6) is 0 Å². The molecule has 0 heterocycles. The Morgan fingerprint density at radius 1 is 1.05 bits per heavy atom. The highest BCUT2D eigenvalue weighted by atomic mass is 14.9. The van der Waals surface area contributed by atoms with Crippen molar-refractivity contribution in [2.75, 3.05) is 13.1 Å². The summed E-state index contributed by atoms with van der Waals surface area (Å²) in [6.45, 7) is 6.85. The first-order valence-electron chi connectivity index (χ1n) is 8.62. The maximum atomic E-state index is 3.65. The Labute approximate surface area is 125 Å². The number of hydrogen-bond donors (Lipinski definition) is 1. The minimum Gasteiger partial charge on any atom is -0.316 e. The van der Waals surface area contributed by atoms with Gasteiger partial charge in [-0.15, -0.1) is 0 Å². The van der Waals surface area contributed by atoms with Crippen LogP contribution in [-0.4, -0.2) is 13.1 Å². The highest BCUT2D eigenvalue weighted by Crippen LogP contribution is 2.33. The second-order valence-corrected chi connectivity index (χ2v) is 6.38. The first kappa shape index (κ1) is 15.6. The molecule has 1 saturated carbocycles. The van der Waals surface area contributed by atoms with Crippen LogP contribution in [0, 0.1) is 11.8 Å². The molecule has 1 aromatic rings. The van der Waals surface area contributed by atoms with Crippen LogP contribution in [0.1, 0.15) is 57.1 Å². The fourth-order valence-corrected chi connectivity index (χ4v) is 3.51. The Morgan fingerprint density at radius 2 is 1.70 bits per heavy atom. The van der Waals surface area contributed by atoms with Gasteiger partial charge in [0, 0.05) is 0 Å². The molecule has 112 valence electrons. The summed E-state index contributed by atoms with van der Waals surface area (Å²) in [7, 11) is 0. The van der Waals surface area contributed by atoms with E-state index in [1.807, 2.05) is 0 Å². The molecule has 1 heteroatoms. The van der Waals surface area contributed by atoms with E-state index in [4.69, 9.17) is 0 Å². The van der Waals surface area contributed by atoms with Crippen molar-refractivity contribution in [3.8, 4) is 0 Å². The number of benzene rings is 1.